The summed E-state index contributed by atoms with van der Waals surface area (Å²) in [6, 6.07) is 32.5. The third-order valence-corrected chi connectivity index (χ3v) is 6.69. The topological polar surface area (TPSA) is 0 Å². The first-order valence-electron chi connectivity index (χ1n) is 6.18. The Morgan fingerprint density at radius 3 is 0.895 bits per heavy atom. The van der Waals surface area contributed by atoms with E-state index in [-0.39, 0.29) is 0 Å². The summed E-state index contributed by atoms with van der Waals surface area (Å²) in [4.78, 5) is 0. The molecule has 0 nitrogen and oxygen atoms in total. The van der Waals surface area contributed by atoms with Crippen LogP contribution in [0, 0.1) is 0 Å². The van der Waals surface area contributed by atoms with Crippen molar-refractivity contribution < 1.29 is 18.4 Å². The van der Waals surface area contributed by atoms with Crippen LogP contribution in [0.15, 0.2) is 91.0 Å². The van der Waals surface area contributed by atoms with Gasteiger partial charge in [-0.25, -0.2) is 0 Å². The summed E-state index contributed by atoms with van der Waals surface area (Å²) < 4.78 is 4.31. The molecule has 0 N–H and O–H groups in total. The molecule has 19 heavy (non-hydrogen) atoms. The van der Waals surface area contributed by atoms with Gasteiger partial charge in [0.05, 0.1) is 0 Å². The average molecular weight is 339 g/mol. The van der Waals surface area contributed by atoms with Crippen molar-refractivity contribution in [3.05, 3.63) is 91.0 Å². The van der Waals surface area contributed by atoms with Gasteiger partial charge in [-0.2, -0.15) is 0 Å². The Hall–Kier alpha value is -1.60. The second kappa shape index (κ2) is 6.03. The van der Waals surface area contributed by atoms with Gasteiger partial charge in [0.2, 0.25) is 0 Å². The van der Waals surface area contributed by atoms with Crippen molar-refractivity contribution in [1.82, 2.24) is 0 Å². The van der Waals surface area contributed by atoms with Gasteiger partial charge in [0.15, 0.2) is 0 Å². The fraction of sp³-hybridized carbons (Fsp3) is 0. The van der Waals surface area contributed by atoms with Crippen LogP contribution in [0.4, 0.5) is 0 Å². The summed E-state index contributed by atoms with van der Waals surface area (Å²) in [5.41, 5.74) is 0. The molecule has 0 aromatic heterocycles. The first kappa shape index (κ1) is 12.4. The molecule has 0 saturated heterocycles. The third-order valence-electron chi connectivity index (χ3n) is 2.65. The fourth-order valence-electron chi connectivity index (χ4n) is 1.80. The molecule has 0 bridgehead atoms. The fourth-order valence-corrected chi connectivity index (χ4v) is 5.62. The first-order valence-corrected chi connectivity index (χ1v) is 8.41. The summed E-state index contributed by atoms with van der Waals surface area (Å²) in [7, 11) is 0. The molecule has 3 aromatic carbocycles. The third kappa shape index (κ3) is 2.87. The van der Waals surface area contributed by atoms with Gasteiger partial charge < -0.3 is 0 Å². The molecular formula is C18H15Ag. The molecule has 0 fully saturated rings. The van der Waals surface area contributed by atoms with Crippen LogP contribution in [0.3, 0.4) is 0 Å². The van der Waals surface area contributed by atoms with Crippen molar-refractivity contribution in [1.29, 1.82) is 0 Å². The van der Waals surface area contributed by atoms with Crippen molar-refractivity contribution in [3.8, 4) is 0 Å². The number of hydrogen-bond donors (Lipinski definition) is 0. The van der Waals surface area contributed by atoms with E-state index in [1.54, 1.807) is 0 Å². The van der Waals surface area contributed by atoms with E-state index in [4.69, 9.17) is 0 Å². The van der Waals surface area contributed by atoms with Gasteiger partial charge in [0.25, 0.3) is 0 Å². The predicted octanol–water partition coefficient (Wildman–Crippen LogP) is 2.58. The van der Waals surface area contributed by atoms with E-state index in [2.05, 4.69) is 91.0 Å². The molecule has 0 amide bonds. The summed E-state index contributed by atoms with van der Waals surface area (Å²) in [5, 5.41) is 0. The van der Waals surface area contributed by atoms with Crippen LogP contribution in [0.2, 0.25) is 0 Å². The predicted molar refractivity (Wildman–Crippen MR) is 78.2 cm³/mol. The second-order valence-electron chi connectivity index (χ2n) is 3.98. The molecule has 0 aliphatic heterocycles. The first-order chi connectivity index (χ1) is 9.45. The molecule has 0 radical (unpaired) electrons. The molecule has 0 aliphatic carbocycles. The Morgan fingerprint density at radius 2 is 0.632 bits per heavy atom. The Labute approximate surface area is 120 Å². The molecule has 0 aliphatic rings. The van der Waals surface area contributed by atoms with E-state index in [0.717, 1.165) is 0 Å². The van der Waals surface area contributed by atoms with Crippen molar-refractivity contribution >= 4 is 11.3 Å². The quantitative estimate of drug-likeness (QED) is 0.644. The maximum atomic E-state index is 2.24. The Kier molecular flexibility index (Phi) is 3.95. The summed E-state index contributed by atoms with van der Waals surface area (Å²) in [6.45, 7) is 0. The van der Waals surface area contributed by atoms with Crippen LogP contribution in [-0.2, 0) is 18.4 Å². The summed E-state index contributed by atoms with van der Waals surface area (Å²) >= 11 is -0.895. The zero-order chi connectivity index (χ0) is 12.9. The molecule has 0 saturated carbocycles. The van der Waals surface area contributed by atoms with E-state index < -0.39 is 18.4 Å². The second-order valence-corrected chi connectivity index (χ2v) is 7.66. The zero-order valence-corrected chi connectivity index (χ0v) is 11.9. The number of hydrogen-bond acceptors (Lipinski definition) is 0. The molecule has 3 rings (SSSR count). The molecule has 0 spiro atoms. The van der Waals surface area contributed by atoms with Crippen molar-refractivity contribution in [3.63, 3.8) is 0 Å². The summed E-state index contributed by atoms with van der Waals surface area (Å²) in [5.74, 6) is 0. The zero-order valence-electron chi connectivity index (χ0n) is 10.5. The van der Waals surface area contributed by atoms with Crippen molar-refractivity contribution in [2.45, 2.75) is 0 Å². The van der Waals surface area contributed by atoms with E-state index in [1.165, 1.54) is 11.3 Å². The van der Waals surface area contributed by atoms with Crippen molar-refractivity contribution in [2.24, 2.45) is 0 Å². The van der Waals surface area contributed by atoms with Crippen LogP contribution >= 0.6 is 0 Å². The van der Waals surface area contributed by atoms with Gasteiger partial charge in [0, 0.05) is 0 Å². The Bertz CT molecular complexity index is 524. The molecule has 98 valence electrons. The standard InChI is InChI=1S/3C6H5.Ag/c3*1-2-4-6-5-3-1;/h3*1-5H;. The Balaban J connectivity index is 2.12. The summed E-state index contributed by atoms with van der Waals surface area (Å²) in [6.07, 6.45) is 0. The van der Waals surface area contributed by atoms with Crippen molar-refractivity contribution in [2.75, 3.05) is 0 Å². The van der Waals surface area contributed by atoms with Crippen LogP contribution in [-0.4, -0.2) is 0 Å². The van der Waals surface area contributed by atoms with Crippen LogP contribution in [0.5, 0.6) is 0 Å². The Morgan fingerprint density at radius 1 is 0.368 bits per heavy atom. The van der Waals surface area contributed by atoms with Gasteiger partial charge in [-0.3, -0.25) is 0 Å². The molecule has 0 heterocycles. The van der Waals surface area contributed by atoms with Gasteiger partial charge in [-0.05, 0) is 0 Å². The van der Waals surface area contributed by atoms with E-state index >= 15 is 0 Å². The molecule has 1 heteroatoms. The SMILES string of the molecule is c1cc[c]([Ag]([c]2ccccc2)[c]2ccccc2)cc1. The van der Waals surface area contributed by atoms with E-state index in [9.17, 15) is 0 Å². The minimum atomic E-state index is -0.895. The maximum absolute atomic E-state index is 2.24. The number of benzene rings is 3. The van der Waals surface area contributed by atoms with E-state index in [1.807, 2.05) is 0 Å². The van der Waals surface area contributed by atoms with Crippen LogP contribution in [0.1, 0.15) is 0 Å². The monoisotopic (exact) mass is 338 g/mol. The van der Waals surface area contributed by atoms with Gasteiger partial charge in [-0.1, -0.05) is 0 Å². The molecule has 0 atom stereocenters. The van der Waals surface area contributed by atoms with Gasteiger partial charge in [0.1, 0.15) is 0 Å². The molecular weight excluding hydrogens is 324 g/mol. The van der Waals surface area contributed by atoms with Crippen LogP contribution in [0.25, 0.3) is 0 Å². The number of rotatable bonds is 3. The minimum absolute atomic E-state index is 0.895. The normalized spacial score (nSPS) is 11.1. The van der Waals surface area contributed by atoms with Crippen LogP contribution < -0.4 is 11.3 Å². The van der Waals surface area contributed by atoms with Gasteiger partial charge in [-0.15, -0.1) is 0 Å². The average Bonchev–Trinajstić information content (AvgIpc) is 2.51. The van der Waals surface area contributed by atoms with Gasteiger partial charge >= 0.3 is 121 Å². The molecule has 0 unspecified atom stereocenters. The van der Waals surface area contributed by atoms with E-state index in [0.29, 0.717) is 0 Å². The molecule has 3 aromatic rings.